The molecule has 0 aromatic heterocycles. The van der Waals surface area contributed by atoms with Gasteiger partial charge >= 0.3 is 0 Å². The van der Waals surface area contributed by atoms with Crippen LogP contribution in [0.15, 0.2) is 93.5 Å². The SMILES string of the molecule is O=C(/C(=N/N=C/c1cc(Br)ccc1O)c1ccccc1)c1ccccc1. The number of aromatic hydroxyl groups is 1. The summed E-state index contributed by atoms with van der Waals surface area (Å²) >= 11 is 3.34. The van der Waals surface area contributed by atoms with Gasteiger partial charge in [-0.05, 0) is 18.2 Å². The van der Waals surface area contributed by atoms with Crippen molar-refractivity contribution in [3.05, 3.63) is 100 Å². The maximum absolute atomic E-state index is 12.8. The van der Waals surface area contributed by atoms with Crippen molar-refractivity contribution >= 4 is 33.6 Å². The van der Waals surface area contributed by atoms with Crippen LogP contribution in [0.4, 0.5) is 0 Å². The molecule has 0 atom stereocenters. The van der Waals surface area contributed by atoms with Crippen molar-refractivity contribution in [2.45, 2.75) is 0 Å². The normalized spacial score (nSPS) is 11.7. The number of benzene rings is 3. The van der Waals surface area contributed by atoms with Crippen LogP contribution in [-0.2, 0) is 0 Å². The molecule has 0 radical (unpaired) electrons. The number of nitrogens with zero attached hydrogens (tertiary/aromatic N) is 2. The van der Waals surface area contributed by atoms with Crippen LogP contribution in [0.2, 0.25) is 0 Å². The lowest BCUT2D eigenvalue weighted by atomic mass is 10.0. The molecule has 0 heterocycles. The van der Waals surface area contributed by atoms with Gasteiger partial charge in [0.25, 0.3) is 0 Å². The maximum atomic E-state index is 12.8. The van der Waals surface area contributed by atoms with Gasteiger partial charge in [-0.1, -0.05) is 76.6 Å². The Balaban J connectivity index is 1.98. The minimum absolute atomic E-state index is 0.0859. The second-order valence-electron chi connectivity index (χ2n) is 5.46. The van der Waals surface area contributed by atoms with Gasteiger partial charge in [-0.15, -0.1) is 5.10 Å². The molecule has 0 aliphatic heterocycles. The molecule has 0 spiro atoms. The Kier molecular flexibility index (Phi) is 5.71. The summed E-state index contributed by atoms with van der Waals surface area (Å²) < 4.78 is 0.810. The van der Waals surface area contributed by atoms with E-state index in [2.05, 4.69) is 26.1 Å². The monoisotopic (exact) mass is 406 g/mol. The molecule has 0 fully saturated rings. The zero-order chi connectivity index (χ0) is 18.4. The van der Waals surface area contributed by atoms with Gasteiger partial charge in [-0.3, -0.25) is 4.79 Å². The summed E-state index contributed by atoms with van der Waals surface area (Å²) in [5, 5.41) is 18.1. The number of hydrogen-bond donors (Lipinski definition) is 1. The lowest BCUT2D eigenvalue weighted by molar-refractivity contribution is 0.106. The molecule has 0 saturated heterocycles. The molecule has 26 heavy (non-hydrogen) atoms. The molecule has 0 aliphatic rings. The molecule has 1 N–H and O–H groups in total. The third kappa shape index (κ3) is 4.32. The van der Waals surface area contributed by atoms with Crippen molar-refractivity contribution < 1.29 is 9.90 Å². The number of halogens is 1. The average Bonchev–Trinajstić information content (AvgIpc) is 2.69. The van der Waals surface area contributed by atoms with Gasteiger partial charge in [0.1, 0.15) is 11.5 Å². The molecule has 5 heteroatoms. The molecule has 128 valence electrons. The molecule has 0 amide bonds. The first-order chi connectivity index (χ1) is 12.6. The molecule has 0 bridgehead atoms. The summed E-state index contributed by atoms with van der Waals surface area (Å²) in [7, 11) is 0. The highest BCUT2D eigenvalue weighted by Gasteiger charge is 2.16. The van der Waals surface area contributed by atoms with Crippen molar-refractivity contribution in [2.75, 3.05) is 0 Å². The molecule has 3 aromatic rings. The zero-order valence-corrected chi connectivity index (χ0v) is 15.3. The molecule has 0 aliphatic carbocycles. The van der Waals surface area contributed by atoms with Crippen LogP contribution in [0.25, 0.3) is 0 Å². The Labute approximate surface area is 159 Å². The third-order valence-corrected chi connectivity index (χ3v) is 4.14. The summed E-state index contributed by atoms with van der Waals surface area (Å²) in [6.07, 6.45) is 1.42. The lowest BCUT2D eigenvalue weighted by Crippen LogP contribution is -2.15. The van der Waals surface area contributed by atoms with E-state index in [4.69, 9.17) is 0 Å². The summed E-state index contributed by atoms with van der Waals surface area (Å²) in [6, 6.07) is 23.1. The van der Waals surface area contributed by atoms with Gasteiger partial charge in [0.05, 0.1) is 6.21 Å². The van der Waals surface area contributed by atoms with E-state index in [-0.39, 0.29) is 17.2 Å². The average molecular weight is 407 g/mol. The first kappa shape index (κ1) is 17.8. The Morgan fingerprint density at radius 1 is 0.885 bits per heavy atom. The van der Waals surface area contributed by atoms with E-state index in [1.54, 1.807) is 42.5 Å². The van der Waals surface area contributed by atoms with E-state index < -0.39 is 0 Å². The largest absolute Gasteiger partial charge is 0.507 e. The van der Waals surface area contributed by atoms with E-state index in [1.807, 2.05) is 36.4 Å². The third-order valence-electron chi connectivity index (χ3n) is 3.64. The quantitative estimate of drug-likeness (QED) is 0.373. The van der Waals surface area contributed by atoms with Crippen LogP contribution in [0.3, 0.4) is 0 Å². The highest BCUT2D eigenvalue weighted by Crippen LogP contribution is 2.20. The first-order valence-corrected chi connectivity index (χ1v) is 8.69. The second kappa shape index (κ2) is 8.36. The molecule has 0 unspecified atom stereocenters. The fourth-order valence-electron chi connectivity index (χ4n) is 2.33. The molecule has 4 nitrogen and oxygen atoms in total. The predicted molar refractivity (Wildman–Crippen MR) is 107 cm³/mol. The van der Waals surface area contributed by atoms with Crippen molar-refractivity contribution in [2.24, 2.45) is 10.2 Å². The number of phenolic OH excluding ortho intramolecular Hbond substituents is 1. The van der Waals surface area contributed by atoms with Crippen LogP contribution in [-0.4, -0.2) is 22.8 Å². The highest BCUT2D eigenvalue weighted by molar-refractivity contribution is 9.10. The molecular formula is C21H15BrN2O2. The zero-order valence-electron chi connectivity index (χ0n) is 13.7. The van der Waals surface area contributed by atoms with Crippen molar-refractivity contribution in [1.29, 1.82) is 0 Å². The van der Waals surface area contributed by atoms with Crippen LogP contribution < -0.4 is 0 Å². The van der Waals surface area contributed by atoms with Gasteiger partial charge in [0.15, 0.2) is 0 Å². The van der Waals surface area contributed by atoms with Crippen LogP contribution in [0.1, 0.15) is 21.5 Å². The Hall–Kier alpha value is -3.05. The van der Waals surface area contributed by atoms with E-state index in [1.165, 1.54) is 6.21 Å². The molecular weight excluding hydrogens is 392 g/mol. The number of carbonyl (C=O) groups is 1. The first-order valence-electron chi connectivity index (χ1n) is 7.90. The summed E-state index contributed by atoms with van der Waals surface area (Å²) in [6.45, 7) is 0. The highest BCUT2D eigenvalue weighted by atomic mass is 79.9. The molecule has 3 rings (SSSR count). The number of phenols is 1. The smallest absolute Gasteiger partial charge is 0.213 e. The Morgan fingerprint density at radius 2 is 1.50 bits per heavy atom. The van der Waals surface area contributed by atoms with Crippen molar-refractivity contribution in [1.82, 2.24) is 0 Å². The van der Waals surface area contributed by atoms with E-state index >= 15 is 0 Å². The number of Topliss-reactive ketones (excluding diaryl/α,β-unsaturated/α-hetero) is 1. The molecule has 3 aromatic carbocycles. The topological polar surface area (TPSA) is 62.0 Å². The minimum atomic E-state index is -0.215. The van der Waals surface area contributed by atoms with Gasteiger partial charge in [-0.25, -0.2) is 0 Å². The second-order valence-corrected chi connectivity index (χ2v) is 6.37. The number of hydrogen-bond acceptors (Lipinski definition) is 4. The van der Waals surface area contributed by atoms with Crippen LogP contribution in [0, 0.1) is 0 Å². The fourth-order valence-corrected chi connectivity index (χ4v) is 2.71. The van der Waals surface area contributed by atoms with Gasteiger partial charge in [-0.2, -0.15) is 5.10 Å². The standard InChI is InChI=1S/C21H15BrN2O2/c22-18-11-12-19(25)17(13-18)14-23-24-20(15-7-3-1-4-8-15)21(26)16-9-5-2-6-10-16/h1-14,25H/b23-14+,24-20+. The Morgan fingerprint density at radius 3 is 2.15 bits per heavy atom. The van der Waals surface area contributed by atoms with Crippen LogP contribution >= 0.6 is 15.9 Å². The number of ketones is 1. The molecule has 0 saturated carbocycles. The summed E-state index contributed by atoms with van der Waals surface area (Å²) in [5.41, 5.74) is 1.96. The van der Waals surface area contributed by atoms with Gasteiger partial charge in [0, 0.05) is 21.2 Å². The maximum Gasteiger partial charge on any atom is 0.213 e. The van der Waals surface area contributed by atoms with E-state index in [0.29, 0.717) is 16.7 Å². The van der Waals surface area contributed by atoms with Crippen molar-refractivity contribution in [3.63, 3.8) is 0 Å². The van der Waals surface area contributed by atoms with Crippen LogP contribution in [0.5, 0.6) is 5.75 Å². The minimum Gasteiger partial charge on any atom is -0.507 e. The van der Waals surface area contributed by atoms with E-state index in [9.17, 15) is 9.90 Å². The lowest BCUT2D eigenvalue weighted by Gasteiger charge is -2.04. The number of rotatable bonds is 5. The predicted octanol–water partition coefficient (Wildman–Crippen LogP) is 4.86. The fraction of sp³-hybridized carbons (Fsp3) is 0. The number of carbonyl (C=O) groups excluding carboxylic acids is 1. The van der Waals surface area contributed by atoms with Gasteiger partial charge in [0.2, 0.25) is 5.78 Å². The van der Waals surface area contributed by atoms with E-state index in [0.717, 1.165) is 4.47 Å². The summed E-state index contributed by atoms with van der Waals surface area (Å²) in [4.78, 5) is 12.8. The Bertz CT molecular complexity index is 968. The summed E-state index contributed by atoms with van der Waals surface area (Å²) in [5.74, 6) is -0.129. The van der Waals surface area contributed by atoms with Gasteiger partial charge < -0.3 is 5.11 Å². The van der Waals surface area contributed by atoms with Crippen molar-refractivity contribution in [3.8, 4) is 5.75 Å².